The van der Waals surface area contributed by atoms with Gasteiger partial charge in [0.15, 0.2) is 0 Å². The lowest BCUT2D eigenvalue weighted by atomic mass is 9.78. The van der Waals surface area contributed by atoms with E-state index in [4.69, 9.17) is 9.84 Å². The van der Waals surface area contributed by atoms with Gasteiger partial charge in [-0.15, -0.1) is 0 Å². The van der Waals surface area contributed by atoms with Crippen molar-refractivity contribution in [3.05, 3.63) is 59.7 Å². The molecule has 2 aromatic carbocycles. The van der Waals surface area contributed by atoms with Crippen LogP contribution in [0.5, 0.6) is 0 Å². The van der Waals surface area contributed by atoms with E-state index in [-0.39, 0.29) is 36.8 Å². The molecule has 1 heterocycles. The van der Waals surface area contributed by atoms with E-state index in [9.17, 15) is 14.4 Å². The zero-order valence-electron chi connectivity index (χ0n) is 18.4. The number of amides is 2. The largest absolute Gasteiger partial charge is 0.481 e. The molecule has 0 atom stereocenters. The number of hydrogen-bond donors (Lipinski definition) is 2. The van der Waals surface area contributed by atoms with Crippen molar-refractivity contribution >= 4 is 18.0 Å². The number of nitrogens with zero attached hydrogens (tertiary/aromatic N) is 1. The smallest absolute Gasteiger partial charge is 0.407 e. The number of rotatable bonds is 7. The van der Waals surface area contributed by atoms with Crippen LogP contribution in [0.1, 0.15) is 42.7 Å². The fraction of sp³-hybridized carbons (Fsp3) is 0.423. The van der Waals surface area contributed by atoms with Crippen LogP contribution < -0.4 is 5.32 Å². The third-order valence-electron chi connectivity index (χ3n) is 7.19. The first kappa shape index (κ1) is 21.5. The number of aliphatic carboxylic acids is 1. The van der Waals surface area contributed by atoms with Gasteiger partial charge in [0.1, 0.15) is 6.61 Å². The predicted molar refractivity (Wildman–Crippen MR) is 122 cm³/mol. The van der Waals surface area contributed by atoms with E-state index in [2.05, 4.69) is 29.6 Å². The van der Waals surface area contributed by atoms with Gasteiger partial charge in [-0.2, -0.15) is 0 Å². The number of fused-ring (bicyclic) bond motifs is 3. The van der Waals surface area contributed by atoms with Crippen LogP contribution in [-0.2, 0) is 14.3 Å². The van der Waals surface area contributed by atoms with Crippen LogP contribution in [-0.4, -0.2) is 53.7 Å². The summed E-state index contributed by atoms with van der Waals surface area (Å²) in [6.45, 7) is 1.57. The van der Waals surface area contributed by atoms with Crippen molar-refractivity contribution < 1.29 is 24.2 Å². The van der Waals surface area contributed by atoms with E-state index >= 15 is 0 Å². The van der Waals surface area contributed by atoms with Gasteiger partial charge in [-0.25, -0.2) is 4.79 Å². The Morgan fingerprint density at radius 1 is 0.970 bits per heavy atom. The maximum Gasteiger partial charge on any atom is 0.407 e. The molecule has 1 saturated heterocycles. The van der Waals surface area contributed by atoms with Crippen LogP contribution in [0.25, 0.3) is 11.1 Å². The summed E-state index contributed by atoms with van der Waals surface area (Å²) in [5, 5.41) is 11.6. The molecule has 1 aliphatic heterocycles. The van der Waals surface area contributed by atoms with Crippen molar-refractivity contribution in [1.29, 1.82) is 0 Å². The Kier molecular flexibility index (Phi) is 5.79. The van der Waals surface area contributed by atoms with Crippen molar-refractivity contribution in [2.24, 2.45) is 11.8 Å². The number of carbonyl (C=O) groups excluding carboxylic acids is 2. The summed E-state index contributed by atoms with van der Waals surface area (Å²) in [4.78, 5) is 37.4. The Hall–Kier alpha value is -3.35. The van der Waals surface area contributed by atoms with Gasteiger partial charge < -0.3 is 20.1 Å². The van der Waals surface area contributed by atoms with Gasteiger partial charge in [-0.3, -0.25) is 9.59 Å². The lowest BCUT2D eigenvalue weighted by Crippen LogP contribution is -2.56. The Bertz CT molecular complexity index is 1030. The maximum absolute atomic E-state index is 12.5. The number of carboxylic acid groups (broad SMARTS) is 1. The van der Waals surface area contributed by atoms with Gasteiger partial charge in [0.25, 0.3) is 0 Å². The molecule has 2 aromatic rings. The third-order valence-corrected chi connectivity index (χ3v) is 7.19. The fourth-order valence-electron chi connectivity index (χ4n) is 5.26. The highest BCUT2D eigenvalue weighted by Crippen LogP contribution is 2.44. The van der Waals surface area contributed by atoms with Gasteiger partial charge in [0.05, 0.1) is 0 Å². The van der Waals surface area contributed by atoms with Crippen LogP contribution in [0.3, 0.4) is 0 Å². The van der Waals surface area contributed by atoms with Crippen molar-refractivity contribution in [1.82, 2.24) is 10.2 Å². The number of nitrogens with one attached hydrogen (secondary N) is 1. The molecule has 0 bridgehead atoms. The van der Waals surface area contributed by atoms with E-state index < -0.39 is 12.1 Å². The lowest BCUT2D eigenvalue weighted by molar-refractivity contribution is -0.146. The minimum atomic E-state index is -0.791. The van der Waals surface area contributed by atoms with E-state index in [1.165, 1.54) is 22.3 Å². The van der Waals surface area contributed by atoms with Crippen LogP contribution in [0.15, 0.2) is 48.5 Å². The second-order valence-electron chi connectivity index (χ2n) is 9.38. The average molecular weight is 449 g/mol. The van der Waals surface area contributed by atoms with Crippen molar-refractivity contribution in [3.63, 3.8) is 0 Å². The molecule has 0 aromatic heterocycles. The molecule has 0 unspecified atom stereocenters. The topological polar surface area (TPSA) is 95.9 Å². The number of likely N-dealkylation sites (tertiary alicyclic amines) is 1. The minimum Gasteiger partial charge on any atom is -0.481 e. The zero-order valence-corrected chi connectivity index (χ0v) is 18.4. The number of ether oxygens (including phenoxy) is 1. The van der Waals surface area contributed by atoms with Gasteiger partial charge in [0, 0.05) is 37.4 Å². The van der Waals surface area contributed by atoms with Crippen LogP contribution >= 0.6 is 0 Å². The highest BCUT2D eigenvalue weighted by molar-refractivity contribution is 5.81. The maximum atomic E-state index is 12.5. The summed E-state index contributed by atoms with van der Waals surface area (Å²) in [6, 6.07) is 16.4. The highest BCUT2D eigenvalue weighted by atomic mass is 16.5. The SMILES string of the molecule is O=C(O)CCC1CN(C(=O)C2CC(NC(=O)OCC3c4ccccc4-c4ccccc43)C2)C1. The van der Waals surface area contributed by atoms with Gasteiger partial charge >= 0.3 is 12.1 Å². The lowest BCUT2D eigenvalue weighted by Gasteiger charge is -2.44. The molecule has 3 aliphatic rings. The summed E-state index contributed by atoms with van der Waals surface area (Å²) in [6.07, 6.45) is 1.59. The molecular weight excluding hydrogens is 420 g/mol. The molecule has 7 nitrogen and oxygen atoms in total. The Balaban J connectivity index is 1.06. The average Bonchev–Trinajstić information content (AvgIpc) is 3.07. The molecule has 0 radical (unpaired) electrons. The molecule has 2 N–H and O–H groups in total. The van der Waals surface area contributed by atoms with Crippen LogP contribution in [0, 0.1) is 11.8 Å². The molecule has 172 valence electrons. The van der Waals surface area contributed by atoms with E-state index in [0.29, 0.717) is 38.3 Å². The number of carboxylic acids is 1. The highest BCUT2D eigenvalue weighted by Gasteiger charge is 2.41. The standard InChI is InChI=1S/C26H28N2O5/c29-24(30)10-9-16-13-28(14-16)25(31)17-11-18(12-17)27-26(32)33-15-23-21-7-3-1-5-19(21)20-6-2-4-8-22(20)23/h1-8,16-18,23H,9-15H2,(H,27,32)(H,29,30). The Labute approximate surface area is 192 Å². The second kappa shape index (κ2) is 8.89. The predicted octanol–water partition coefficient (Wildman–Crippen LogP) is 3.63. The monoisotopic (exact) mass is 448 g/mol. The number of hydrogen-bond acceptors (Lipinski definition) is 4. The van der Waals surface area contributed by atoms with Crippen LogP contribution in [0.4, 0.5) is 4.79 Å². The van der Waals surface area contributed by atoms with Crippen molar-refractivity contribution in [3.8, 4) is 11.1 Å². The summed E-state index contributed by atoms with van der Waals surface area (Å²) in [5.74, 6) is -0.420. The van der Waals surface area contributed by atoms with E-state index in [0.717, 1.165) is 0 Å². The first-order valence-corrected chi connectivity index (χ1v) is 11.6. The molecule has 0 spiro atoms. The molecule has 5 rings (SSSR count). The Morgan fingerprint density at radius 3 is 2.18 bits per heavy atom. The summed E-state index contributed by atoms with van der Waals surface area (Å²) < 4.78 is 5.59. The summed E-state index contributed by atoms with van der Waals surface area (Å²) in [5.41, 5.74) is 4.74. The van der Waals surface area contributed by atoms with Gasteiger partial charge in [-0.1, -0.05) is 48.5 Å². The molecular formula is C26H28N2O5. The molecule has 2 aliphatic carbocycles. The van der Waals surface area contributed by atoms with Crippen molar-refractivity contribution in [2.75, 3.05) is 19.7 Å². The molecule has 1 saturated carbocycles. The van der Waals surface area contributed by atoms with Gasteiger partial charge in [-0.05, 0) is 47.4 Å². The number of alkyl carbamates (subject to hydrolysis) is 1. The third kappa shape index (κ3) is 4.32. The molecule has 2 fully saturated rings. The first-order chi connectivity index (χ1) is 16.0. The molecule has 33 heavy (non-hydrogen) atoms. The van der Waals surface area contributed by atoms with Crippen LogP contribution in [0.2, 0.25) is 0 Å². The quantitative estimate of drug-likeness (QED) is 0.674. The Morgan fingerprint density at radius 2 is 1.58 bits per heavy atom. The second-order valence-corrected chi connectivity index (χ2v) is 9.38. The summed E-state index contributed by atoms with van der Waals surface area (Å²) in [7, 11) is 0. The first-order valence-electron chi connectivity index (χ1n) is 11.6. The minimum absolute atomic E-state index is 0.0272. The van der Waals surface area contributed by atoms with E-state index in [1.807, 2.05) is 24.3 Å². The zero-order chi connectivity index (χ0) is 22.9. The molecule has 2 amide bonds. The van der Waals surface area contributed by atoms with E-state index in [1.54, 1.807) is 4.90 Å². The normalized spacial score (nSPS) is 21.4. The molecule has 7 heteroatoms. The van der Waals surface area contributed by atoms with Crippen molar-refractivity contribution in [2.45, 2.75) is 37.6 Å². The summed E-state index contributed by atoms with van der Waals surface area (Å²) >= 11 is 0. The number of carbonyl (C=O) groups is 3. The van der Waals surface area contributed by atoms with Gasteiger partial charge in [0.2, 0.25) is 5.91 Å². The number of benzene rings is 2. The fourth-order valence-corrected chi connectivity index (χ4v) is 5.26.